The van der Waals surface area contributed by atoms with Gasteiger partial charge in [-0.25, -0.2) is 17.8 Å². The van der Waals surface area contributed by atoms with Gasteiger partial charge in [0.05, 0.1) is 24.1 Å². The molecule has 2 heterocycles. The van der Waals surface area contributed by atoms with Crippen LogP contribution in [0.1, 0.15) is 61.9 Å². The van der Waals surface area contributed by atoms with Gasteiger partial charge in [0.1, 0.15) is 17.5 Å². The van der Waals surface area contributed by atoms with E-state index in [1.807, 2.05) is 6.92 Å². The summed E-state index contributed by atoms with van der Waals surface area (Å²) in [5.74, 6) is 5.78. The number of aromatic nitrogens is 1. The third-order valence-corrected chi connectivity index (χ3v) is 9.34. The summed E-state index contributed by atoms with van der Waals surface area (Å²) in [4.78, 5) is 19.6. The van der Waals surface area contributed by atoms with E-state index in [9.17, 15) is 22.7 Å². The van der Waals surface area contributed by atoms with Gasteiger partial charge in [-0.05, 0) is 50.1 Å². The molecule has 0 spiro atoms. The van der Waals surface area contributed by atoms with Crippen molar-refractivity contribution >= 4 is 15.9 Å². The molecule has 0 radical (unpaired) electrons. The number of sulfonamides is 1. The molecule has 10 heteroatoms. The number of halogens is 1. The Morgan fingerprint density at radius 3 is 2.59 bits per heavy atom. The highest BCUT2D eigenvalue weighted by Crippen LogP contribution is 2.28. The summed E-state index contributed by atoms with van der Waals surface area (Å²) < 4.78 is 47.1. The highest BCUT2D eigenvalue weighted by Gasteiger charge is 2.36. The number of nitrogens with zero attached hydrogens (tertiary/aromatic N) is 3. The van der Waals surface area contributed by atoms with Crippen molar-refractivity contribution in [2.45, 2.75) is 63.0 Å². The zero-order chi connectivity index (χ0) is 28.2. The van der Waals surface area contributed by atoms with Crippen LogP contribution in [0, 0.1) is 29.5 Å². The number of carbonyl (C=O) groups is 1. The van der Waals surface area contributed by atoms with Crippen LogP contribution in [0.5, 0.6) is 5.88 Å². The zero-order valence-electron chi connectivity index (χ0n) is 22.6. The van der Waals surface area contributed by atoms with E-state index in [4.69, 9.17) is 4.74 Å². The highest BCUT2D eigenvalue weighted by atomic mass is 32.2. The zero-order valence-corrected chi connectivity index (χ0v) is 23.5. The van der Waals surface area contributed by atoms with Gasteiger partial charge in [0, 0.05) is 37.2 Å². The first-order valence-electron chi connectivity index (χ1n) is 13.4. The number of amides is 1. The van der Waals surface area contributed by atoms with Gasteiger partial charge in [0.15, 0.2) is 0 Å². The summed E-state index contributed by atoms with van der Waals surface area (Å²) in [7, 11) is -2.48. The van der Waals surface area contributed by atoms with Gasteiger partial charge >= 0.3 is 0 Å². The van der Waals surface area contributed by atoms with Crippen molar-refractivity contribution in [3.63, 3.8) is 0 Å². The number of benzene rings is 1. The molecule has 3 atom stereocenters. The van der Waals surface area contributed by atoms with Crippen molar-refractivity contribution in [3.8, 4) is 17.7 Å². The molecule has 1 amide bonds. The third-order valence-electron chi connectivity index (χ3n) is 7.51. The van der Waals surface area contributed by atoms with Crippen LogP contribution in [0.2, 0.25) is 0 Å². The fourth-order valence-electron chi connectivity index (χ4n) is 4.96. The highest BCUT2D eigenvalue weighted by molar-refractivity contribution is 7.89. The number of fused-ring (bicyclic) bond motifs is 1. The first kappa shape index (κ1) is 29.0. The largest absolute Gasteiger partial charge is 0.472 e. The van der Waals surface area contributed by atoms with Crippen LogP contribution in [0.15, 0.2) is 41.4 Å². The number of rotatable bonds is 6. The summed E-state index contributed by atoms with van der Waals surface area (Å²) in [6.45, 7) is 3.61. The number of ether oxygens (including phenoxy) is 1. The molecule has 1 aromatic heterocycles. The molecule has 1 aliphatic heterocycles. The molecule has 0 saturated heterocycles. The number of aliphatic hydroxyl groups is 1. The fraction of sp³-hybridized carbons (Fsp3) is 0.517. The Kier molecular flexibility index (Phi) is 9.26. The van der Waals surface area contributed by atoms with E-state index < -0.39 is 28.0 Å². The Morgan fingerprint density at radius 1 is 1.23 bits per heavy atom. The maximum Gasteiger partial charge on any atom is 0.259 e. The summed E-state index contributed by atoms with van der Waals surface area (Å²) >= 11 is 0. The first-order valence-corrected chi connectivity index (χ1v) is 14.9. The summed E-state index contributed by atoms with van der Waals surface area (Å²) in [5.41, 5.74) is 0.834. The smallest absolute Gasteiger partial charge is 0.259 e. The molecule has 0 unspecified atom stereocenters. The number of hydrogen-bond donors (Lipinski definition) is 1. The van der Waals surface area contributed by atoms with Gasteiger partial charge < -0.3 is 14.7 Å². The second-order valence-corrected chi connectivity index (χ2v) is 12.6. The predicted molar refractivity (Wildman–Crippen MR) is 145 cm³/mol. The minimum absolute atomic E-state index is 0.0270. The minimum Gasteiger partial charge on any atom is -0.472 e. The van der Waals surface area contributed by atoms with Crippen molar-refractivity contribution in [1.82, 2.24) is 14.2 Å². The van der Waals surface area contributed by atoms with E-state index in [1.54, 1.807) is 24.1 Å². The molecule has 39 heavy (non-hydrogen) atoms. The normalized spacial score (nSPS) is 21.3. The van der Waals surface area contributed by atoms with Gasteiger partial charge in [-0.15, -0.1) is 0 Å². The number of hydrogen-bond acceptors (Lipinski definition) is 6. The molecule has 4 rings (SSSR count). The SMILES string of the molecule is C[C@H]1CN([C@@H](C)CO)C(=O)c2cc(C#CC3CCCCC3)cnc2O[C@H]1CN(C)S(=O)(=O)c1ccc(F)cc1. The van der Waals surface area contributed by atoms with Gasteiger partial charge in [0.25, 0.3) is 5.91 Å². The summed E-state index contributed by atoms with van der Waals surface area (Å²) in [6, 6.07) is 5.85. The van der Waals surface area contributed by atoms with E-state index in [-0.39, 0.29) is 47.9 Å². The molecule has 210 valence electrons. The minimum atomic E-state index is -3.92. The van der Waals surface area contributed by atoms with Crippen LogP contribution in [-0.4, -0.2) is 72.5 Å². The molecule has 1 saturated carbocycles. The number of carbonyl (C=O) groups excluding carboxylic acids is 1. The van der Waals surface area contributed by atoms with E-state index in [0.717, 1.165) is 29.3 Å². The van der Waals surface area contributed by atoms with Crippen molar-refractivity contribution in [2.75, 3.05) is 26.7 Å². The van der Waals surface area contributed by atoms with Gasteiger partial charge in [0.2, 0.25) is 15.9 Å². The fourth-order valence-corrected chi connectivity index (χ4v) is 6.14. The maximum atomic E-state index is 13.6. The quantitative estimate of drug-likeness (QED) is 0.544. The molecular formula is C29H36FN3O5S. The molecule has 0 bridgehead atoms. The second-order valence-electron chi connectivity index (χ2n) is 10.5. The van der Waals surface area contributed by atoms with Crippen LogP contribution in [0.25, 0.3) is 0 Å². The molecule has 8 nitrogen and oxygen atoms in total. The Hall–Kier alpha value is -3.00. The van der Waals surface area contributed by atoms with E-state index >= 15 is 0 Å². The average molecular weight is 558 g/mol. The van der Waals surface area contributed by atoms with Gasteiger partial charge in [-0.2, -0.15) is 4.31 Å². The van der Waals surface area contributed by atoms with Crippen LogP contribution >= 0.6 is 0 Å². The van der Waals surface area contributed by atoms with Crippen molar-refractivity contribution in [1.29, 1.82) is 0 Å². The monoisotopic (exact) mass is 557 g/mol. The van der Waals surface area contributed by atoms with E-state index in [1.165, 1.54) is 38.4 Å². The lowest BCUT2D eigenvalue weighted by Crippen LogP contribution is -2.50. The number of aliphatic hydroxyl groups excluding tert-OH is 1. The molecular weight excluding hydrogens is 521 g/mol. The lowest BCUT2D eigenvalue weighted by atomic mass is 9.90. The van der Waals surface area contributed by atoms with Crippen molar-refractivity contribution in [3.05, 3.63) is 53.5 Å². The molecule has 1 N–H and O–H groups in total. The summed E-state index contributed by atoms with van der Waals surface area (Å²) in [6.07, 6.45) is 6.65. The van der Waals surface area contributed by atoms with Crippen LogP contribution < -0.4 is 4.74 Å². The van der Waals surface area contributed by atoms with E-state index in [2.05, 4.69) is 16.8 Å². The topological polar surface area (TPSA) is 100 Å². The molecule has 2 aromatic rings. The van der Waals surface area contributed by atoms with Crippen LogP contribution in [0.4, 0.5) is 4.39 Å². The Bertz CT molecular complexity index is 1330. The van der Waals surface area contributed by atoms with Crippen LogP contribution in [0.3, 0.4) is 0 Å². The van der Waals surface area contributed by atoms with Gasteiger partial charge in [-0.1, -0.05) is 38.0 Å². The van der Waals surface area contributed by atoms with Gasteiger partial charge in [-0.3, -0.25) is 4.79 Å². The standard InChI is InChI=1S/C29H36FN3O5S/c1-20-17-33(21(2)19-34)29(35)26-15-23(10-9-22-7-5-4-6-8-22)16-31-28(26)38-27(20)18-32(3)39(36,37)25-13-11-24(30)12-14-25/h11-16,20-22,27,34H,4-8,17-19H2,1-3H3/t20-,21-,27-/m0/s1. The van der Waals surface area contributed by atoms with Crippen molar-refractivity contribution < 1.29 is 27.4 Å². The maximum absolute atomic E-state index is 13.6. The summed E-state index contributed by atoms with van der Waals surface area (Å²) in [5, 5.41) is 9.87. The first-order chi connectivity index (χ1) is 18.6. The number of likely N-dealkylation sites (N-methyl/N-ethyl adjacent to an activating group) is 1. The predicted octanol–water partition coefficient (Wildman–Crippen LogP) is 3.69. The molecule has 2 aliphatic rings. The lowest BCUT2D eigenvalue weighted by Gasteiger charge is -2.37. The van der Waals surface area contributed by atoms with Crippen LogP contribution in [-0.2, 0) is 10.0 Å². The molecule has 1 aliphatic carbocycles. The van der Waals surface area contributed by atoms with Crippen molar-refractivity contribution in [2.24, 2.45) is 11.8 Å². The third kappa shape index (κ3) is 6.78. The molecule has 1 fully saturated rings. The number of pyridine rings is 1. The Balaban J connectivity index is 1.64. The lowest BCUT2D eigenvalue weighted by molar-refractivity contribution is 0.0373. The average Bonchev–Trinajstić information content (AvgIpc) is 2.94. The molecule has 1 aromatic carbocycles. The Labute approximate surface area is 230 Å². The Morgan fingerprint density at radius 2 is 1.92 bits per heavy atom. The second kappa shape index (κ2) is 12.5. The van der Waals surface area contributed by atoms with E-state index in [0.29, 0.717) is 11.5 Å².